The molecular weight excluding hydrogens is 529 g/mol. The van der Waals surface area contributed by atoms with Gasteiger partial charge in [0.2, 0.25) is 0 Å². The Morgan fingerprint density at radius 3 is 2.33 bits per heavy atom. The standard InChI is InChI=1S/C30H28ClF3N2O3/c1-18(2)14-27(19-6-8-20(9-7-19)28(37)4-3-5-29(38)39)36-26-13-10-21(15-22(26)17-35-36)24-12-11-23(16-25(24)31)30(32,33)34/h6-13,15-18,27H,3-5,14H2,1-2H3,(H,38,39)/t27-/m1/s1. The molecule has 0 unspecified atom stereocenters. The Kier molecular flexibility index (Phi) is 8.45. The van der Waals surface area contributed by atoms with Gasteiger partial charge in [0.1, 0.15) is 0 Å². The average Bonchev–Trinajstić information content (AvgIpc) is 3.29. The highest BCUT2D eigenvalue weighted by molar-refractivity contribution is 6.33. The molecule has 3 aromatic carbocycles. The third-order valence-corrected chi connectivity index (χ3v) is 6.92. The van der Waals surface area contributed by atoms with E-state index in [-0.39, 0.29) is 29.7 Å². The number of rotatable bonds is 10. The first kappa shape index (κ1) is 28.4. The third kappa shape index (κ3) is 6.68. The van der Waals surface area contributed by atoms with Gasteiger partial charge in [-0.1, -0.05) is 61.8 Å². The lowest BCUT2D eigenvalue weighted by Crippen LogP contribution is -2.15. The lowest BCUT2D eigenvalue weighted by atomic mass is 9.95. The number of ketones is 1. The number of carboxylic acids is 1. The number of carbonyl (C=O) groups excluding carboxylic acids is 1. The molecule has 39 heavy (non-hydrogen) atoms. The fourth-order valence-corrected chi connectivity index (χ4v) is 4.94. The van der Waals surface area contributed by atoms with Crippen LogP contribution in [0.1, 0.15) is 67.1 Å². The van der Waals surface area contributed by atoms with Crippen molar-refractivity contribution >= 4 is 34.3 Å². The lowest BCUT2D eigenvalue weighted by molar-refractivity contribution is -0.138. The molecule has 1 heterocycles. The van der Waals surface area contributed by atoms with Crippen molar-refractivity contribution in [2.45, 2.75) is 51.7 Å². The molecule has 1 atom stereocenters. The van der Waals surface area contributed by atoms with Crippen molar-refractivity contribution < 1.29 is 27.9 Å². The highest BCUT2D eigenvalue weighted by Gasteiger charge is 2.31. The summed E-state index contributed by atoms with van der Waals surface area (Å²) in [4.78, 5) is 23.2. The van der Waals surface area contributed by atoms with Crippen LogP contribution in [0.25, 0.3) is 22.0 Å². The number of hydrogen-bond acceptors (Lipinski definition) is 3. The van der Waals surface area contributed by atoms with Gasteiger partial charge in [0.15, 0.2) is 5.78 Å². The first-order chi connectivity index (χ1) is 18.4. The van der Waals surface area contributed by atoms with E-state index in [0.29, 0.717) is 29.0 Å². The number of aromatic nitrogens is 2. The first-order valence-electron chi connectivity index (χ1n) is 12.6. The second-order valence-electron chi connectivity index (χ2n) is 9.99. The second-order valence-corrected chi connectivity index (χ2v) is 10.4. The van der Waals surface area contributed by atoms with Crippen molar-refractivity contribution in [1.29, 1.82) is 0 Å². The molecule has 0 aliphatic rings. The summed E-state index contributed by atoms with van der Waals surface area (Å²) in [5.74, 6) is -0.672. The maximum absolute atomic E-state index is 13.1. The van der Waals surface area contributed by atoms with Crippen molar-refractivity contribution in [3.05, 3.63) is 88.6 Å². The summed E-state index contributed by atoms with van der Waals surface area (Å²) < 4.78 is 41.1. The fraction of sp³-hybridized carbons (Fsp3) is 0.300. The molecule has 1 aromatic heterocycles. The molecule has 0 radical (unpaired) electrons. The largest absolute Gasteiger partial charge is 0.481 e. The summed E-state index contributed by atoms with van der Waals surface area (Å²) in [5, 5.41) is 14.3. The zero-order chi connectivity index (χ0) is 28.3. The molecule has 4 rings (SSSR count). The normalized spacial score (nSPS) is 12.7. The maximum Gasteiger partial charge on any atom is 0.416 e. The third-order valence-electron chi connectivity index (χ3n) is 6.60. The Labute approximate surface area is 229 Å². The van der Waals surface area contributed by atoms with Crippen molar-refractivity contribution in [1.82, 2.24) is 9.78 Å². The molecule has 1 N–H and O–H groups in total. The number of hydrogen-bond donors (Lipinski definition) is 1. The molecule has 0 aliphatic heterocycles. The topological polar surface area (TPSA) is 72.2 Å². The van der Waals surface area contributed by atoms with Gasteiger partial charge in [-0.25, -0.2) is 0 Å². The Morgan fingerprint density at radius 1 is 1.00 bits per heavy atom. The Balaban J connectivity index is 1.62. The number of halogens is 4. The van der Waals surface area contributed by atoms with Crippen LogP contribution in [0.5, 0.6) is 0 Å². The molecule has 0 bridgehead atoms. The van der Waals surface area contributed by atoms with E-state index in [0.717, 1.165) is 35.0 Å². The molecular formula is C30H28ClF3N2O3. The van der Waals surface area contributed by atoms with Gasteiger partial charge in [-0.2, -0.15) is 18.3 Å². The summed E-state index contributed by atoms with van der Waals surface area (Å²) in [7, 11) is 0. The number of fused-ring (bicyclic) bond motifs is 1. The zero-order valence-corrected chi connectivity index (χ0v) is 22.3. The molecule has 5 nitrogen and oxygen atoms in total. The van der Waals surface area contributed by atoms with Crippen molar-refractivity contribution in [3.63, 3.8) is 0 Å². The van der Waals surface area contributed by atoms with Crippen LogP contribution in [0, 0.1) is 5.92 Å². The fourth-order valence-electron chi connectivity index (χ4n) is 4.65. The highest BCUT2D eigenvalue weighted by Crippen LogP contribution is 2.37. The Hall–Kier alpha value is -3.65. The molecule has 4 aromatic rings. The molecule has 0 fully saturated rings. The smallest absolute Gasteiger partial charge is 0.416 e. The number of nitrogens with zero attached hydrogens (tertiary/aromatic N) is 2. The van der Waals surface area contributed by atoms with Crippen LogP contribution in [0.2, 0.25) is 5.02 Å². The van der Waals surface area contributed by atoms with Gasteiger partial charge in [0, 0.05) is 34.4 Å². The van der Waals surface area contributed by atoms with Crippen molar-refractivity contribution in [3.8, 4) is 11.1 Å². The number of benzene rings is 3. The van der Waals surface area contributed by atoms with Gasteiger partial charge in [0.05, 0.1) is 23.3 Å². The Morgan fingerprint density at radius 2 is 1.72 bits per heavy atom. The summed E-state index contributed by atoms with van der Waals surface area (Å²) in [6.07, 6.45) is -1.52. The highest BCUT2D eigenvalue weighted by atomic mass is 35.5. The monoisotopic (exact) mass is 556 g/mol. The molecule has 0 saturated heterocycles. The second kappa shape index (κ2) is 11.6. The quantitative estimate of drug-likeness (QED) is 0.199. The van der Waals surface area contributed by atoms with E-state index in [4.69, 9.17) is 16.7 Å². The number of alkyl halides is 3. The maximum atomic E-state index is 13.1. The van der Waals surface area contributed by atoms with E-state index in [1.54, 1.807) is 18.3 Å². The lowest BCUT2D eigenvalue weighted by Gasteiger charge is -2.21. The molecule has 0 aliphatic carbocycles. The summed E-state index contributed by atoms with van der Waals surface area (Å²) >= 11 is 6.22. The number of carboxylic acid groups (broad SMARTS) is 1. The van der Waals surface area contributed by atoms with Gasteiger partial charge in [-0.15, -0.1) is 0 Å². The van der Waals surface area contributed by atoms with Crippen LogP contribution in [0.3, 0.4) is 0 Å². The van der Waals surface area contributed by atoms with Gasteiger partial charge in [-0.3, -0.25) is 14.3 Å². The van der Waals surface area contributed by atoms with Gasteiger partial charge >= 0.3 is 12.1 Å². The molecule has 0 amide bonds. The van der Waals surface area contributed by atoms with Gasteiger partial charge < -0.3 is 5.11 Å². The number of Topliss-reactive ketones (excluding diaryl/α,β-unsaturated/α-hetero) is 1. The number of aliphatic carboxylic acids is 1. The molecule has 0 saturated carbocycles. The predicted octanol–water partition coefficient (Wildman–Crippen LogP) is 8.45. The summed E-state index contributed by atoms with van der Waals surface area (Å²) in [6.45, 7) is 4.23. The van der Waals surface area contributed by atoms with E-state index in [1.165, 1.54) is 6.07 Å². The minimum atomic E-state index is -4.47. The minimum absolute atomic E-state index is 0.0202. The zero-order valence-electron chi connectivity index (χ0n) is 21.5. The van der Waals surface area contributed by atoms with Gasteiger partial charge in [0.25, 0.3) is 0 Å². The van der Waals surface area contributed by atoms with E-state index in [1.807, 2.05) is 35.0 Å². The molecule has 9 heteroatoms. The number of carbonyl (C=O) groups is 2. The van der Waals surface area contributed by atoms with Gasteiger partial charge in [-0.05, 0) is 54.2 Å². The van der Waals surface area contributed by atoms with Crippen LogP contribution in [-0.4, -0.2) is 26.6 Å². The summed E-state index contributed by atoms with van der Waals surface area (Å²) in [5.41, 5.74) is 2.77. The van der Waals surface area contributed by atoms with Crippen LogP contribution in [0.4, 0.5) is 13.2 Å². The van der Waals surface area contributed by atoms with E-state index < -0.39 is 17.7 Å². The summed E-state index contributed by atoms with van der Waals surface area (Å²) in [6, 6.07) is 16.1. The van der Waals surface area contributed by atoms with Crippen LogP contribution in [0.15, 0.2) is 66.9 Å². The molecule has 204 valence electrons. The van der Waals surface area contributed by atoms with E-state index in [9.17, 15) is 22.8 Å². The van der Waals surface area contributed by atoms with E-state index in [2.05, 4.69) is 18.9 Å². The van der Waals surface area contributed by atoms with Crippen molar-refractivity contribution in [2.75, 3.05) is 0 Å². The van der Waals surface area contributed by atoms with E-state index >= 15 is 0 Å². The average molecular weight is 557 g/mol. The molecule has 0 spiro atoms. The van der Waals surface area contributed by atoms with Crippen LogP contribution < -0.4 is 0 Å². The SMILES string of the molecule is CC(C)C[C@H](c1ccc(C(=O)CCCC(=O)O)cc1)n1ncc2cc(-c3ccc(C(F)(F)F)cc3Cl)ccc21. The Bertz CT molecular complexity index is 1490. The first-order valence-corrected chi connectivity index (χ1v) is 13.0. The van der Waals surface area contributed by atoms with Crippen molar-refractivity contribution in [2.24, 2.45) is 5.92 Å². The predicted molar refractivity (Wildman–Crippen MR) is 145 cm³/mol. The minimum Gasteiger partial charge on any atom is -0.481 e. The van der Waals surface area contributed by atoms with Crippen LogP contribution in [-0.2, 0) is 11.0 Å². The van der Waals surface area contributed by atoms with Crippen LogP contribution >= 0.6 is 11.6 Å².